The average molecular weight is 528 g/mol. The van der Waals surface area contributed by atoms with Crippen molar-refractivity contribution in [2.75, 3.05) is 20.1 Å². The Bertz CT molecular complexity index is 1190. The molecule has 4 fully saturated rings. The number of fused-ring (bicyclic) bond motifs is 2. The van der Waals surface area contributed by atoms with E-state index in [1.807, 2.05) is 6.07 Å². The van der Waals surface area contributed by atoms with E-state index in [1.54, 1.807) is 21.7 Å². The van der Waals surface area contributed by atoms with Crippen LogP contribution < -0.4 is 5.32 Å². The van der Waals surface area contributed by atoms with E-state index >= 15 is 0 Å². The summed E-state index contributed by atoms with van der Waals surface area (Å²) in [6, 6.07) is 12.0. The first-order valence-electron chi connectivity index (χ1n) is 13.7. The predicted molar refractivity (Wildman–Crippen MR) is 139 cm³/mol. The number of piperidine rings is 2. The van der Waals surface area contributed by atoms with Crippen LogP contribution in [0.15, 0.2) is 40.9 Å². The van der Waals surface area contributed by atoms with Crippen molar-refractivity contribution < 1.29 is 17.7 Å². The number of amides is 1. The van der Waals surface area contributed by atoms with Crippen molar-refractivity contribution in [3.8, 4) is 0 Å². The molecular formula is C27H37N5O4S. The number of carbonyl (C=O) groups is 1. The van der Waals surface area contributed by atoms with Gasteiger partial charge in [0, 0.05) is 62.8 Å². The Morgan fingerprint density at radius 3 is 2.38 bits per heavy atom. The summed E-state index contributed by atoms with van der Waals surface area (Å²) in [7, 11) is -1.82. The molecule has 3 atom stereocenters. The van der Waals surface area contributed by atoms with Crippen molar-refractivity contribution in [1.29, 1.82) is 0 Å². The summed E-state index contributed by atoms with van der Waals surface area (Å²) >= 11 is 0. The van der Waals surface area contributed by atoms with Crippen LogP contribution in [0.3, 0.4) is 0 Å². The lowest BCUT2D eigenvalue weighted by atomic mass is 9.99. The first-order valence-corrected chi connectivity index (χ1v) is 15.1. The van der Waals surface area contributed by atoms with Crippen molar-refractivity contribution in [3.63, 3.8) is 0 Å². The fraction of sp³-hybridized carbons (Fsp3) is 0.630. The first-order chi connectivity index (χ1) is 17.9. The normalized spacial score (nSPS) is 27.6. The molecule has 1 aromatic heterocycles. The molecule has 9 nitrogen and oxygen atoms in total. The molecule has 1 aromatic carbocycles. The zero-order chi connectivity index (χ0) is 25.6. The molecule has 4 aliphatic rings. The van der Waals surface area contributed by atoms with Gasteiger partial charge in [-0.05, 0) is 56.9 Å². The summed E-state index contributed by atoms with van der Waals surface area (Å²) in [6.45, 7) is 2.69. The van der Waals surface area contributed by atoms with Crippen molar-refractivity contribution in [2.24, 2.45) is 0 Å². The van der Waals surface area contributed by atoms with Gasteiger partial charge in [-0.25, -0.2) is 0 Å². The van der Waals surface area contributed by atoms with Crippen LogP contribution in [0.25, 0.3) is 0 Å². The van der Waals surface area contributed by atoms with E-state index in [9.17, 15) is 13.2 Å². The fourth-order valence-corrected chi connectivity index (χ4v) is 8.49. The number of aromatic nitrogens is 1. The summed E-state index contributed by atoms with van der Waals surface area (Å²) < 4.78 is 36.3. The van der Waals surface area contributed by atoms with Gasteiger partial charge in [0.25, 0.3) is 16.1 Å². The molecule has 1 amide bonds. The summed E-state index contributed by atoms with van der Waals surface area (Å²) in [5.74, 6) is 0.974. The summed E-state index contributed by atoms with van der Waals surface area (Å²) in [4.78, 5) is 15.2. The summed E-state index contributed by atoms with van der Waals surface area (Å²) in [5.41, 5.74) is 1.61. The largest absolute Gasteiger partial charge is 0.360 e. The number of rotatable bonds is 8. The number of hydrogen-bond donors (Lipinski definition) is 1. The molecule has 200 valence electrons. The van der Waals surface area contributed by atoms with Crippen LogP contribution >= 0.6 is 0 Å². The van der Waals surface area contributed by atoms with Crippen molar-refractivity contribution in [1.82, 2.24) is 24.0 Å². The molecule has 10 heteroatoms. The monoisotopic (exact) mass is 527 g/mol. The van der Waals surface area contributed by atoms with E-state index in [0.29, 0.717) is 24.5 Å². The van der Waals surface area contributed by atoms with E-state index in [1.165, 1.54) is 5.56 Å². The third kappa shape index (κ3) is 5.21. The van der Waals surface area contributed by atoms with Crippen LogP contribution in [0.2, 0.25) is 0 Å². The van der Waals surface area contributed by atoms with Gasteiger partial charge in [-0.1, -0.05) is 35.5 Å². The molecule has 1 N–H and O–H groups in total. The zero-order valence-electron chi connectivity index (χ0n) is 21.5. The van der Waals surface area contributed by atoms with Gasteiger partial charge >= 0.3 is 0 Å². The first kappa shape index (κ1) is 25.0. The fourth-order valence-electron chi connectivity index (χ4n) is 6.46. The van der Waals surface area contributed by atoms with Gasteiger partial charge < -0.3 is 9.84 Å². The zero-order valence-corrected chi connectivity index (χ0v) is 22.3. The van der Waals surface area contributed by atoms with E-state index < -0.39 is 10.2 Å². The highest BCUT2D eigenvalue weighted by atomic mass is 32.2. The Hall–Kier alpha value is -2.27. The van der Waals surface area contributed by atoms with Crippen molar-refractivity contribution in [3.05, 3.63) is 53.4 Å². The molecule has 0 spiro atoms. The molecule has 6 rings (SSSR count). The van der Waals surface area contributed by atoms with Crippen molar-refractivity contribution >= 4 is 16.1 Å². The van der Waals surface area contributed by atoms with Crippen LogP contribution in [0.1, 0.15) is 79.1 Å². The maximum atomic E-state index is 13.8. The highest BCUT2D eigenvalue weighted by molar-refractivity contribution is 7.86. The average Bonchev–Trinajstić information content (AvgIpc) is 3.55. The molecule has 0 radical (unpaired) electrons. The van der Waals surface area contributed by atoms with Gasteiger partial charge in [-0.2, -0.15) is 17.0 Å². The number of hydrogen-bond acceptors (Lipinski definition) is 6. The highest BCUT2D eigenvalue weighted by Crippen LogP contribution is 2.41. The van der Waals surface area contributed by atoms with Gasteiger partial charge in [-0.15, -0.1) is 0 Å². The lowest BCUT2D eigenvalue weighted by Gasteiger charge is -2.43. The van der Waals surface area contributed by atoms with Crippen LogP contribution in [0.4, 0.5) is 0 Å². The Balaban J connectivity index is 1.04. The van der Waals surface area contributed by atoms with E-state index in [0.717, 1.165) is 63.9 Å². The third-order valence-corrected chi connectivity index (χ3v) is 10.8. The van der Waals surface area contributed by atoms with E-state index in [2.05, 4.69) is 39.6 Å². The molecule has 3 aliphatic heterocycles. The standard InChI is InChI=1S/C27H37N5O4S/c1-30(22-11-13-31(14-12-22)18-19-5-3-2-4-6-19)37(34,35)32-23-9-10-24(32)16-21(15-23)28-27(33)25-17-26(36-29-25)20-7-8-20/h2-6,17,20-24H,7-16,18H2,1H3,(H,28,33)/t21-,23+,24-. The second kappa shape index (κ2) is 10.1. The smallest absolute Gasteiger partial charge is 0.282 e. The highest BCUT2D eigenvalue weighted by Gasteiger charge is 2.49. The minimum atomic E-state index is -3.57. The van der Waals surface area contributed by atoms with Gasteiger partial charge in [0.15, 0.2) is 5.69 Å². The summed E-state index contributed by atoms with van der Waals surface area (Å²) in [5, 5.41) is 7.05. The number of nitrogens with one attached hydrogen (secondary N) is 1. The molecule has 0 unspecified atom stereocenters. The number of carbonyl (C=O) groups excluding carboxylic acids is 1. The van der Waals surface area contributed by atoms with Gasteiger partial charge in [-0.3, -0.25) is 9.69 Å². The lowest BCUT2D eigenvalue weighted by Crippen LogP contribution is -2.57. The molecular weight excluding hydrogens is 490 g/mol. The number of benzene rings is 1. The van der Waals surface area contributed by atoms with Crippen LogP contribution in [-0.2, 0) is 16.8 Å². The van der Waals surface area contributed by atoms with Gasteiger partial charge in [0.2, 0.25) is 0 Å². The SMILES string of the molecule is CN(C1CCN(Cc2ccccc2)CC1)S(=O)(=O)N1[C@@H]2CC[C@H]1C[C@@H](NC(=O)c1cc(C3CC3)on1)C2. The third-order valence-electron chi connectivity index (χ3n) is 8.69. The van der Waals surface area contributed by atoms with E-state index in [-0.39, 0.29) is 30.1 Å². The minimum absolute atomic E-state index is 0.0154. The molecule has 2 bridgehead atoms. The maximum Gasteiger partial charge on any atom is 0.282 e. The molecule has 1 aliphatic carbocycles. The predicted octanol–water partition coefficient (Wildman–Crippen LogP) is 3.12. The van der Waals surface area contributed by atoms with Crippen LogP contribution in [0.5, 0.6) is 0 Å². The topological polar surface area (TPSA) is 99.0 Å². The Morgan fingerprint density at radius 1 is 1.05 bits per heavy atom. The Morgan fingerprint density at radius 2 is 1.73 bits per heavy atom. The molecule has 3 saturated heterocycles. The van der Waals surface area contributed by atoms with E-state index in [4.69, 9.17) is 4.52 Å². The molecule has 1 saturated carbocycles. The quantitative estimate of drug-likeness (QED) is 0.566. The second-order valence-corrected chi connectivity index (χ2v) is 13.2. The summed E-state index contributed by atoms with van der Waals surface area (Å²) in [6.07, 6.45) is 6.82. The van der Waals surface area contributed by atoms with Crippen molar-refractivity contribution in [2.45, 2.75) is 88.0 Å². The number of likely N-dealkylation sites (tertiary alicyclic amines) is 1. The molecule has 4 heterocycles. The Labute approximate surface area is 219 Å². The molecule has 2 aromatic rings. The minimum Gasteiger partial charge on any atom is -0.360 e. The van der Waals surface area contributed by atoms with Gasteiger partial charge in [0.1, 0.15) is 5.76 Å². The number of nitrogens with zero attached hydrogens (tertiary/aromatic N) is 4. The Kier molecular flexibility index (Phi) is 6.85. The second-order valence-electron chi connectivity index (χ2n) is 11.3. The van der Waals surface area contributed by atoms with Crippen LogP contribution in [0, 0.1) is 0 Å². The lowest BCUT2D eigenvalue weighted by molar-refractivity contribution is 0.0896. The maximum absolute atomic E-state index is 13.8. The molecule has 37 heavy (non-hydrogen) atoms. The van der Waals surface area contributed by atoms with Gasteiger partial charge in [0.05, 0.1) is 0 Å². The van der Waals surface area contributed by atoms with Crippen LogP contribution in [-0.4, -0.2) is 77.3 Å².